The summed E-state index contributed by atoms with van der Waals surface area (Å²) >= 11 is 0. The highest BCUT2D eigenvalue weighted by Crippen LogP contribution is 2.10. The summed E-state index contributed by atoms with van der Waals surface area (Å²) in [4.78, 5) is 58.8. The van der Waals surface area contributed by atoms with Crippen LogP contribution in [0.1, 0.15) is 60.8 Å². The molecular formula is C20H34FN3O7. The number of amides is 3. The molecule has 0 aromatic heterocycles. The third-order valence-electron chi connectivity index (χ3n) is 3.34. The Kier molecular flexibility index (Phi) is 11.7. The van der Waals surface area contributed by atoms with Crippen molar-refractivity contribution >= 4 is 29.7 Å². The zero-order valence-electron chi connectivity index (χ0n) is 19.1. The molecule has 10 nitrogen and oxygen atoms in total. The van der Waals surface area contributed by atoms with Crippen molar-refractivity contribution in [3.8, 4) is 0 Å². The Hall–Kier alpha value is -2.72. The van der Waals surface area contributed by atoms with E-state index in [1.807, 2.05) is 0 Å². The number of esters is 1. The van der Waals surface area contributed by atoms with Crippen LogP contribution < -0.4 is 16.0 Å². The maximum atomic E-state index is 12.8. The van der Waals surface area contributed by atoms with Gasteiger partial charge in [-0.25, -0.2) is 9.18 Å². The molecule has 0 aliphatic rings. The third kappa shape index (κ3) is 15.7. The van der Waals surface area contributed by atoms with Crippen LogP contribution in [0.4, 0.5) is 9.18 Å². The number of ether oxygens (including phenoxy) is 2. The first kappa shape index (κ1) is 28.3. The van der Waals surface area contributed by atoms with Gasteiger partial charge in [0, 0.05) is 25.9 Å². The summed E-state index contributed by atoms with van der Waals surface area (Å²) in [6, 6.07) is -1.37. The van der Waals surface area contributed by atoms with Gasteiger partial charge in [-0.1, -0.05) is 0 Å². The van der Waals surface area contributed by atoms with E-state index in [0.29, 0.717) is 0 Å². The number of alkyl carbamates (subject to hydrolysis) is 1. The molecule has 3 N–H and O–H groups in total. The predicted molar refractivity (Wildman–Crippen MR) is 110 cm³/mol. The summed E-state index contributed by atoms with van der Waals surface area (Å²) in [5, 5.41) is 7.24. The molecule has 0 spiro atoms. The number of carbonyl (C=O) groups excluding carboxylic acids is 5. The molecular weight excluding hydrogens is 413 g/mol. The smallest absolute Gasteiger partial charge is 0.407 e. The molecule has 0 aliphatic heterocycles. The summed E-state index contributed by atoms with van der Waals surface area (Å²) in [7, 11) is 0. The Labute approximate surface area is 182 Å². The number of hydrogen-bond donors (Lipinski definition) is 3. The number of alkyl halides is 1. The number of Topliss-reactive ketones (excluding diaryl/α,β-unsaturated/α-hetero) is 1. The summed E-state index contributed by atoms with van der Waals surface area (Å²) in [5.74, 6) is -2.86. The van der Waals surface area contributed by atoms with Gasteiger partial charge in [0.2, 0.25) is 11.8 Å². The van der Waals surface area contributed by atoms with Gasteiger partial charge in [0.25, 0.3) is 0 Å². The highest BCUT2D eigenvalue weighted by Gasteiger charge is 2.26. The van der Waals surface area contributed by atoms with E-state index in [2.05, 4.69) is 16.0 Å². The molecule has 0 aromatic carbocycles. The third-order valence-corrected chi connectivity index (χ3v) is 3.34. The fraction of sp³-hybridized carbons (Fsp3) is 0.750. The van der Waals surface area contributed by atoms with Gasteiger partial charge < -0.3 is 25.4 Å². The van der Waals surface area contributed by atoms with Gasteiger partial charge in [0.1, 0.15) is 23.9 Å². The van der Waals surface area contributed by atoms with E-state index in [-0.39, 0.29) is 25.9 Å². The Balaban J connectivity index is 4.34. The van der Waals surface area contributed by atoms with Crippen LogP contribution >= 0.6 is 0 Å². The van der Waals surface area contributed by atoms with Crippen LogP contribution in [0.2, 0.25) is 0 Å². The first-order chi connectivity index (χ1) is 14.1. The molecule has 1 unspecified atom stereocenters. The molecule has 0 aliphatic carbocycles. The quantitative estimate of drug-likeness (QED) is 0.319. The molecule has 3 amide bonds. The van der Waals surface area contributed by atoms with Crippen molar-refractivity contribution in [2.24, 2.45) is 0 Å². The Morgan fingerprint density at radius 2 is 1.32 bits per heavy atom. The molecule has 0 saturated carbocycles. The van der Waals surface area contributed by atoms with Crippen molar-refractivity contribution < 1.29 is 37.8 Å². The van der Waals surface area contributed by atoms with Crippen LogP contribution in [-0.4, -0.2) is 66.7 Å². The van der Waals surface area contributed by atoms with E-state index in [0.717, 1.165) is 0 Å². The highest BCUT2D eigenvalue weighted by atomic mass is 19.1. The second-order valence-corrected chi connectivity index (χ2v) is 8.79. The number of halogens is 1. The largest absolute Gasteiger partial charge is 0.460 e. The minimum Gasteiger partial charge on any atom is -0.460 e. The van der Waals surface area contributed by atoms with Crippen LogP contribution in [0.15, 0.2) is 0 Å². The van der Waals surface area contributed by atoms with E-state index in [9.17, 15) is 28.4 Å². The van der Waals surface area contributed by atoms with Crippen LogP contribution in [-0.2, 0) is 28.7 Å². The number of ketones is 1. The van der Waals surface area contributed by atoms with Gasteiger partial charge in [0.05, 0.1) is 6.42 Å². The predicted octanol–water partition coefficient (Wildman–Crippen LogP) is 1.16. The summed E-state index contributed by atoms with van der Waals surface area (Å²) in [6.45, 7) is 8.98. The molecule has 0 aromatic rings. The monoisotopic (exact) mass is 447 g/mol. The molecule has 0 radical (unpaired) electrons. The average Bonchev–Trinajstić information content (AvgIpc) is 2.59. The maximum Gasteiger partial charge on any atom is 0.407 e. The Bertz CT molecular complexity index is 654. The fourth-order valence-corrected chi connectivity index (χ4v) is 2.15. The summed E-state index contributed by atoms with van der Waals surface area (Å²) in [5.41, 5.74) is -1.42. The van der Waals surface area contributed by atoms with Crippen molar-refractivity contribution in [1.29, 1.82) is 0 Å². The van der Waals surface area contributed by atoms with Gasteiger partial charge in [-0.15, -0.1) is 0 Å². The lowest BCUT2D eigenvalue weighted by atomic mass is 10.1. The maximum absolute atomic E-state index is 12.8. The van der Waals surface area contributed by atoms with E-state index < -0.39 is 60.0 Å². The summed E-state index contributed by atoms with van der Waals surface area (Å²) < 4.78 is 22.9. The van der Waals surface area contributed by atoms with E-state index in [1.165, 1.54) is 0 Å². The van der Waals surface area contributed by atoms with Crippen molar-refractivity contribution in [3.63, 3.8) is 0 Å². The van der Waals surface area contributed by atoms with Crippen LogP contribution in [0, 0.1) is 0 Å². The lowest BCUT2D eigenvalue weighted by Crippen LogP contribution is -2.44. The normalized spacial score (nSPS) is 12.4. The fourth-order valence-electron chi connectivity index (χ4n) is 2.15. The SMILES string of the molecule is CC(C)(C)OC(=O)CC(NC(=O)CCC(=O)NCCNC(=O)OC(C)(C)C)C(=O)CF. The topological polar surface area (TPSA) is 140 Å². The van der Waals surface area contributed by atoms with E-state index in [4.69, 9.17) is 9.47 Å². The van der Waals surface area contributed by atoms with E-state index >= 15 is 0 Å². The minimum atomic E-state index is -1.37. The number of rotatable bonds is 11. The molecule has 0 saturated heterocycles. The van der Waals surface area contributed by atoms with Crippen molar-refractivity contribution in [1.82, 2.24) is 16.0 Å². The first-order valence-electron chi connectivity index (χ1n) is 9.96. The van der Waals surface area contributed by atoms with Crippen LogP contribution in [0.25, 0.3) is 0 Å². The molecule has 0 rings (SSSR count). The van der Waals surface area contributed by atoms with Gasteiger partial charge in [-0.05, 0) is 41.5 Å². The van der Waals surface area contributed by atoms with Crippen molar-refractivity contribution in [2.75, 3.05) is 19.8 Å². The van der Waals surface area contributed by atoms with Gasteiger partial charge in [-0.2, -0.15) is 0 Å². The number of carbonyl (C=O) groups is 5. The molecule has 0 heterocycles. The second kappa shape index (κ2) is 12.9. The minimum absolute atomic E-state index is 0.126. The lowest BCUT2D eigenvalue weighted by molar-refractivity contribution is -0.156. The van der Waals surface area contributed by atoms with Gasteiger partial charge in [0.15, 0.2) is 5.78 Å². The molecule has 1 atom stereocenters. The first-order valence-corrected chi connectivity index (χ1v) is 9.96. The molecule has 178 valence electrons. The van der Waals surface area contributed by atoms with Crippen LogP contribution in [0.5, 0.6) is 0 Å². The lowest BCUT2D eigenvalue weighted by Gasteiger charge is -2.22. The second-order valence-electron chi connectivity index (χ2n) is 8.79. The Morgan fingerprint density at radius 1 is 0.806 bits per heavy atom. The average molecular weight is 448 g/mol. The molecule has 31 heavy (non-hydrogen) atoms. The van der Waals surface area contributed by atoms with E-state index in [1.54, 1.807) is 41.5 Å². The molecule has 0 bridgehead atoms. The number of nitrogens with one attached hydrogen (secondary N) is 3. The number of hydrogen-bond acceptors (Lipinski definition) is 7. The van der Waals surface area contributed by atoms with Crippen molar-refractivity contribution in [3.05, 3.63) is 0 Å². The standard InChI is InChI=1S/C20H34FN3O7/c1-19(2,3)30-17(28)11-13(14(25)12-21)24-16(27)8-7-15(26)22-9-10-23-18(29)31-20(4,5)6/h13H,7-12H2,1-6H3,(H,22,26)(H,23,29)(H,24,27). The molecule has 0 fully saturated rings. The van der Waals surface area contributed by atoms with Gasteiger partial charge in [-0.3, -0.25) is 19.2 Å². The zero-order chi connectivity index (χ0) is 24.2. The zero-order valence-corrected chi connectivity index (χ0v) is 19.1. The highest BCUT2D eigenvalue weighted by molar-refractivity contribution is 5.93. The van der Waals surface area contributed by atoms with Crippen molar-refractivity contribution in [2.45, 2.75) is 78.0 Å². The van der Waals surface area contributed by atoms with Gasteiger partial charge >= 0.3 is 12.1 Å². The molecule has 11 heteroatoms. The van der Waals surface area contributed by atoms with Crippen LogP contribution in [0.3, 0.4) is 0 Å². The summed E-state index contributed by atoms with van der Waals surface area (Å²) in [6.07, 6.45) is -1.58. The Morgan fingerprint density at radius 3 is 1.84 bits per heavy atom.